The van der Waals surface area contributed by atoms with Crippen LogP contribution in [0.5, 0.6) is 5.88 Å². The van der Waals surface area contributed by atoms with Gasteiger partial charge in [-0.2, -0.15) is 4.31 Å². The van der Waals surface area contributed by atoms with E-state index in [-0.39, 0.29) is 47.5 Å². The van der Waals surface area contributed by atoms with Crippen LogP contribution < -0.4 is 10.9 Å². The van der Waals surface area contributed by atoms with Crippen molar-refractivity contribution < 1.29 is 32.6 Å². The van der Waals surface area contributed by atoms with Crippen molar-refractivity contribution in [1.82, 2.24) is 9.29 Å². The van der Waals surface area contributed by atoms with E-state index >= 15 is 0 Å². The standard InChI is InChI=1S/C18H18ClN3O8S/c19-13-2-1-12(9-14(13)31(27,28)22-3-5-29-6-4-22)20-17(25)10-30-18(26)11-7-15(23)21-16(24)8-11/h1-2,7-9H,3-6,10H2,(H,20,25)(H2,21,23,24). The fourth-order valence-electron chi connectivity index (χ4n) is 2.76. The third-order valence-corrected chi connectivity index (χ3v) is 6.58. The molecule has 3 N–H and O–H groups in total. The molecule has 2 heterocycles. The number of aromatic amines is 1. The number of hydrogen-bond donors (Lipinski definition) is 3. The van der Waals surface area contributed by atoms with Gasteiger partial charge in [0.15, 0.2) is 12.5 Å². The Morgan fingerprint density at radius 3 is 2.61 bits per heavy atom. The van der Waals surface area contributed by atoms with Gasteiger partial charge in [0.2, 0.25) is 10.0 Å². The molecule has 13 heteroatoms. The molecule has 11 nitrogen and oxygen atoms in total. The SMILES string of the molecule is O=C(COC(=O)c1cc(O)[nH]c(=O)c1)Nc1ccc(Cl)c(S(=O)(=O)N2CCOCC2)c1. The lowest BCUT2D eigenvalue weighted by atomic mass is 10.3. The molecule has 1 aromatic heterocycles. The Hall–Kier alpha value is -2.93. The zero-order valence-electron chi connectivity index (χ0n) is 16.0. The van der Waals surface area contributed by atoms with Crippen molar-refractivity contribution in [1.29, 1.82) is 0 Å². The Bertz CT molecular complexity index is 1160. The molecule has 3 rings (SSSR count). The molecule has 1 amide bonds. The summed E-state index contributed by atoms with van der Waals surface area (Å²) in [4.78, 5) is 37.2. The van der Waals surface area contributed by atoms with E-state index < -0.39 is 39.9 Å². The lowest BCUT2D eigenvalue weighted by molar-refractivity contribution is -0.119. The van der Waals surface area contributed by atoms with Crippen LogP contribution in [0.25, 0.3) is 0 Å². The summed E-state index contributed by atoms with van der Waals surface area (Å²) in [5.41, 5.74) is -0.822. The summed E-state index contributed by atoms with van der Waals surface area (Å²) in [6.07, 6.45) is 0. The van der Waals surface area contributed by atoms with Crippen molar-refractivity contribution in [3.05, 3.63) is 51.3 Å². The highest BCUT2D eigenvalue weighted by Crippen LogP contribution is 2.28. The number of rotatable bonds is 6. The third-order valence-electron chi connectivity index (χ3n) is 4.20. The number of esters is 1. The number of carbonyl (C=O) groups excluding carboxylic acids is 2. The average Bonchev–Trinajstić information content (AvgIpc) is 2.73. The van der Waals surface area contributed by atoms with E-state index in [4.69, 9.17) is 21.1 Å². The first-order chi connectivity index (χ1) is 14.7. The van der Waals surface area contributed by atoms with E-state index in [1.165, 1.54) is 22.5 Å². The van der Waals surface area contributed by atoms with E-state index in [0.717, 1.165) is 12.1 Å². The second kappa shape index (κ2) is 9.47. The molecule has 0 aliphatic carbocycles. The van der Waals surface area contributed by atoms with Crippen LogP contribution in [0.4, 0.5) is 5.69 Å². The van der Waals surface area contributed by atoms with Crippen molar-refractivity contribution in [2.24, 2.45) is 0 Å². The highest BCUT2D eigenvalue weighted by Gasteiger charge is 2.28. The number of halogens is 1. The zero-order chi connectivity index (χ0) is 22.6. The number of ether oxygens (including phenoxy) is 2. The molecule has 0 bridgehead atoms. The number of H-pyrrole nitrogens is 1. The second-order valence-corrected chi connectivity index (χ2v) is 8.72. The number of nitrogens with one attached hydrogen (secondary N) is 2. The zero-order valence-corrected chi connectivity index (χ0v) is 17.5. The van der Waals surface area contributed by atoms with Gasteiger partial charge in [0, 0.05) is 30.9 Å². The summed E-state index contributed by atoms with van der Waals surface area (Å²) in [5.74, 6) is -2.28. The van der Waals surface area contributed by atoms with E-state index in [1.807, 2.05) is 0 Å². The molecule has 166 valence electrons. The summed E-state index contributed by atoms with van der Waals surface area (Å²) in [6, 6.07) is 5.82. The highest BCUT2D eigenvalue weighted by molar-refractivity contribution is 7.89. The van der Waals surface area contributed by atoms with E-state index in [0.29, 0.717) is 0 Å². The number of carbonyl (C=O) groups is 2. The molecule has 31 heavy (non-hydrogen) atoms. The minimum Gasteiger partial charge on any atom is -0.494 e. The number of morpholine rings is 1. The van der Waals surface area contributed by atoms with Crippen molar-refractivity contribution in [2.75, 3.05) is 38.2 Å². The third kappa shape index (κ3) is 5.61. The molecule has 0 saturated carbocycles. The first-order valence-corrected chi connectivity index (χ1v) is 10.8. The topological polar surface area (TPSA) is 155 Å². The van der Waals surface area contributed by atoms with Gasteiger partial charge in [-0.25, -0.2) is 13.2 Å². The van der Waals surface area contributed by atoms with Crippen LogP contribution in [-0.4, -0.2) is 67.6 Å². The van der Waals surface area contributed by atoms with Gasteiger partial charge in [-0.05, 0) is 18.2 Å². The number of aromatic nitrogens is 1. The number of sulfonamides is 1. The first-order valence-electron chi connectivity index (χ1n) is 8.94. The van der Waals surface area contributed by atoms with Gasteiger partial charge in [0.25, 0.3) is 11.5 Å². The number of hydrogen-bond acceptors (Lipinski definition) is 8. The Labute approximate surface area is 181 Å². The molecule has 0 radical (unpaired) electrons. The molecule has 1 saturated heterocycles. The fraction of sp³-hybridized carbons (Fsp3) is 0.278. The van der Waals surface area contributed by atoms with Gasteiger partial charge in [-0.3, -0.25) is 14.6 Å². The molecule has 1 aromatic carbocycles. The Morgan fingerprint density at radius 1 is 1.23 bits per heavy atom. The second-order valence-electron chi connectivity index (χ2n) is 6.40. The molecular formula is C18H18ClN3O8S. The predicted molar refractivity (Wildman–Crippen MR) is 109 cm³/mol. The lowest BCUT2D eigenvalue weighted by Gasteiger charge is -2.26. The number of aromatic hydroxyl groups is 1. The number of benzene rings is 1. The van der Waals surface area contributed by atoms with Gasteiger partial charge in [-0.15, -0.1) is 0 Å². The Balaban J connectivity index is 1.67. The van der Waals surface area contributed by atoms with E-state index in [1.54, 1.807) is 0 Å². The fourth-order valence-corrected chi connectivity index (χ4v) is 4.67. The van der Waals surface area contributed by atoms with Crippen LogP contribution in [0.2, 0.25) is 5.02 Å². The molecule has 2 aromatic rings. The summed E-state index contributed by atoms with van der Waals surface area (Å²) < 4.78 is 36.9. The maximum absolute atomic E-state index is 12.8. The number of nitrogens with zero attached hydrogens (tertiary/aromatic N) is 1. The predicted octanol–water partition coefficient (Wildman–Crippen LogP) is 0.550. The number of anilines is 1. The van der Waals surface area contributed by atoms with Gasteiger partial charge in [0.05, 0.1) is 23.8 Å². The molecule has 1 aliphatic rings. The van der Waals surface area contributed by atoms with Crippen LogP contribution in [0.3, 0.4) is 0 Å². The van der Waals surface area contributed by atoms with Crippen LogP contribution in [0.1, 0.15) is 10.4 Å². The molecule has 1 aliphatic heterocycles. The van der Waals surface area contributed by atoms with Gasteiger partial charge in [0.1, 0.15) is 4.90 Å². The minimum absolute atomic E-state index is 0.00924. The van der Waals surface area contributed by atoms with Crippen LogP contribution in [0.15, 0.2) is 40.0 Å². The molecular weight excluding hydrogens is 454 g/mol. The summed E-state index contributed by atoms with van der Waals surface area (Å²) >= 11 is 6.06. The van der Waals surface area contributed by atoms with Crippen molar-refractivity contribution in [2.45, 2.75) is 4.90 Å². The summed E-state index contributed by atoms with van der Waals surface area (Å²) in [5, 5.41) is 11.7. The van der Waals surface area contributed by atoms with Crippen LogP contribution in [0, 0.1) is 0 Å². The quantitative estimate of drug-likeness (QED) is 0.516. The molecule has 0 spiro atoms. The maximum atomic E-state index is 12.8. The molecule has 1 fully saturated rings. The summed E-state index contributed by atoms with van der Waals surface area (Å²) in [7, 11) is -3.89. The summed E-state index contributed by atoms with van der Waals surface area (Å²) in [6.45, 7) is 0.195. The Morgan fingerprint density at radius 2 is 1.94 bits per heavy atom. The number of pyridine rings is 1. The van der Waals surface area contributed by atoms with Gasteiger partial charge >= 0.3 is 5.97 Å². The largest absolute Gasteiger partial charge is 0.494 e. The van der Waals surface area contributed by atoms with Gasteiger partial charge < -0.3 is 19.9 Å². The van der Waals surface area contributed by atoms with Crippen LogP contribution >= 0.6 is 11.6 Å². The average molecular weight is 472 g/mol. The van der Waals surface area contributed by atoms with Crippen molar-refractivity contribution in [3.8, 4) is 5.88 Å². The number of amides is 1. The normalized spacial score (nSPS) is 14.7. The maximum Gasteiger partial charge on any atom is 0.339 e. The minimum atomic E-state index is -3.89. The monoisotopic (exact) mass is 471 g/mol. The van der Waals surface area contributed by atoms with Gasteiger partial charge in [-0.1, -0.05) is 11.6 Å². The van der Waals surface area contributed by atoms with E-state index in [9.17, 15) is 27.9 Å². The first kappa shape index (κ1) is 22.7. The molecule has 0 unspecified atom stereocenters. The van der Waals surface area contributed by atoms with Crippen LogP contribution in [-0.2, 0) is 24.3 Å². The molecule has 0 atom stereocenters. The smallest absolute Gasteiger partial charge is 0.339 e. The Kier molecular flexibility index (Phi) is 6.95. The van der Waals surface area contributed by atoms with Crippen molar-refractivity contribution in [3.63, 3.8) is 0 Å². The van der Waals surface area contributed by atoms with E-state index in [2.05, 4.69) is 10.3 Å². The highest BCUT2D eigenvalue weighted by atomic mass is 35.5. The lowest BCUT2D eigenvalue weighted by Crippen LogP contribution is -2.40. The van der Waals surface area contributed by atoms with Crippen molar-refractivity contribution >= 4 is 39.2 Å².